The van der Waals surface area contributed by atoms with Gasteiger partial charge in [-0.3, -0.25) is 4.40 Å². The number of para-hydroxylation sites is 3. The first-order valence-electron chi connectivity index (χ1n) is 19.0. The second-order valence-corrected chi connectivity index (χ2v) is 17.2. The Kier molecular flexibility index (Phi) is 6.27. The fourth-order valence-electron chi connectivity index (χ4n) is 8.97. The van der Waals surface area contributed by atoms with Crippen LogP contribution in [-0.2, 0) is 10.8 Å². The van der Waals surface area contributed by atoms with E-state index in [0.717, 1.165) is 72.4 Å². The highest BCUT2D eigenvalue weighted by Crippen LogP contribution is 2.44. The van der Waals surface area contributed by atoms with Gasteiger partial charge in [0, 0.05) is 27.0 Å². The normalized spacial score (nSPS) is 13.6. The van der Waals surface area contributed by atoms with E-state index < -0.39 is 0 Å². The molecule has 4 heterocycles. The smallest absolute Gasteiger partial charge is 0.260 e. The lowest BCUT2D eigenvalue weighted by Gasteiger charge is -2.35. The van der Waals surface area contributed by atoms with Gasteiger partial charge in [-0.05, 0) is 91.9 Å². The minimum Gasteiger partial charge on any atom is -0.458 e. The standard InChI is InChI=1S/C49H39BN2O2/c1-48(2,3)30-19-22-41-36(26-30)50-37-27-31(49(4,5)6)20-23-42(37)54-46-33-21-18-28(24-29(33)25-43(53-41)45(46)50)32-13-11-14-35-44(32)34-12-7-9-16-39(34)52-40-17-10-8-15-38(40)51-47(35)52/h7-27H,1-6H3. The first-order chi connectivity index (χ1) is 26.0. The first kappa shape index (κ1) is 31.5. The molecule has 0 fully saturated rings. The summed E-state index contributed by atoms with van der Waals surface area (Å²) in [7, 11) is 0. The van der Waals surface area contributed by atoms with E-state index in [-0.39, 0.29) is 17.5 Å². The van der Waals surface area contributed by atoms with E-state index in [2.05, 4.69) is 173 Å². The molecule has 0 saturated heterocycles. The largest absolute Gasteiger partial charge is 0.458 e. The average molecular weight is 699 g/mol. The zero-order chi connectivity index (χ0) is 36.7. The molecule has 7 aromatic carbocycles. The molecule has 11 rings (SSSR count). The summed E-state index contributed by atoms with van der Waals surface area (Å²) < 4.78 is 16.2. The number of aromatic nitrogens is 2. The van der Waals surface area contributed by atoms with Crippen LogP contribution in [0.3, 0.4) is 0 Å². The van der Waals surface area contributed by atoms with Gasteiger partial charge in [0.25, 0.3) is 6.71 Å². The van der Waals surface area contributed by atoms with E-state index in [1.165, 1.54) is 38.4 Å². The van der Waals surface area contributed by atoms with E-state index in [0.29, 0.717) is 0 Å². The molecular formula is C49H39BN2O2. The number of pyridine rings is 1. The van der Waals surface area contributed by atoms with Gasteiger partial charge in [-0.2, -0.15) is 0 Å². The van der Waals surface area contributed by atoms with Crippen molar-refractivity contribution < 1.29 is 9.47 Å². The monoisotopic (exact) mass is 698 g/mol. The van der Waals surface area contributed by atoms with Crippen LogP contribution in [0.25, 0.3) is 60.3 Å². The lowest BCUT2D eigenvalue weighted by molar-refractivity contribution is 0.467. The van der Waals surface area contributed by atoms with Crippen LogP contribution in [0.4, 0.5) is 0 Å². The third-order valence-corrected chi connectivity index (χ3v) is 11.8. The van der Waals surface area contributed by atoms with E-state index in [1.54, 1.807) is 0 Å². The Morgan fingerprint density at radius 2 is 1.22 bits per heavy atom. The van der Waals surface area contributed by atoms with Gasteiger partial charge in [0.2, 0.25) is 0 Å². The molecule has 0 atom stereocenters. The highest BCUT2D eigenvalue weighted by atomic mass is 16.5. The highest BCUT2D eigenvalue weighted by Gasteiger charge is 2.42. The predicted octanol–water partition coefficient (Wildman–Crippen LogP) is 10.9. The van der Waals surface area contributed by atoms with Crippen LogP contribution >= 0.6 is 0 Å². The molecule has 2 aromatic heterocycles. The predicted molar refractivity (Wildman–Crippen MR) is 226 cm³/mol. The fraction of sp³-hybridized carbons (Fsp3) is 0.163. The summed E-state index contributed by atoms with van der Waals surface area (Å²) >= 11 is 0. The van der Waals surface area contributed by atoms with Crippen LogP contribution in [-0.4, -0.2) is 16.1 Å². The van der Waals surface area contributed by atoms with E-state index in [4.69, 9.17) is 14.5 Å². The van der Waals surface area contributed by atoms with Crippen LogP contribution in [0.5, 0.6) is 23.0 Å². The minimum absolute atomic E-state index is 0.00293. The van der Waals surface area contributed by atoms with Crippen LogP contribution in [0, 0.1) is 0 Å². The maximum Gasteiger partial charge on any atom is 0.260 e. The van der Waals surface area contributed by atoms with Gasteiger partial charge < -0.3 is 9.47 Å². The van der Waals surface area contributed by atoms with Gasteiger partial charge in [0.05, 0.1) is 16.6 Å². The zero-order valence-corrected chi connectivity index (χ0v) is 31.4. The number of fused-ring (bicyclic) bond motifs is 14. The molecule has 0 spiro atoms. The molecule has 9 aromatic rings. The highest BCUT2D eigenvalue weighted by molar-refractivity contribution is 6.98. The molecule has 0 radical (unpaired) electrons. The number of hydrogen-bond donors (Lipinski definition) is 0. The molecule has 0 unspecified atom stereocenters. The minimum atomic E-state index is -0.00641. The van der Waals surface area contributed by atoms with Crippen molar-refractivity contribution in [3.63, 3.8) is 0 Å². The van der Waals surface area contributed by atoms with Gasteiger partial charge in [0.1, 0.15) is 28.6 Å². The van der Waals surface area contributed by atoms with Crippen molar-refractivity contribution in [1.82, 2.24) is 9.38 Å². The fourth-order valence-corrected chi connectivity index (χ4v) is 8.97. The Morgan fingerprint density at radius 3 is 1.96 bits per heavy atom. The molecule has 54 heavy (non-hydrogen) atoms. The topological polar surface area (TPSA) is 35.8 Å². The van der Waals surface area contributed by atoms with E-state index in [1.807, 2.05) is 0 Å². The lowest BCUT2D eigenvalue weighted by atomic mass is 9.34. The molecule has 260 valence electrons. The Hall–Kier alpha value is -6.07. The quantitative estimate of drug-likeness (QED) is 0.126. The van der Waals surface area contributed by atoms with Crippen molar-refractivity contribution in [3.8, 4) is 34.1 Å². The van der Waals surface area contributed by atoms with Crippen molar-refractivity contribution in [1.29, 1.82) is 0 Å². The van der Waals surface area contributed by atoms with Gasteiger partial charge in [-0.25, -0.2) is 4.98 Å². The molecule has 0 aliphatic carbocycles. The summed E-state index contributed by atoms with van der Waals surface area (Å²) in [5.74, 6) is 3.56. The molecule has 0 N–H and O–H groups in total. The molecule has 2 aliphatic heterocycles. The van der Waals surface area contributed by atoms with Crippen molar-refractivity contribution in [2.75, 3.05) is 0 Å². The maximum atomic E-state index is 6.98. The Labute approximate surface area is 315 Å². The molecule has 4 nitrogen and oxygen atoms in total. The van der Waals surface area contributed by atoms with Gasteiger partial charge >= 0.3 is 0 Å². The zero-order valence-electron chi connectivity index (χ0n) is 31.4. The van der Waals surface area contributed by atoms with Crippen LogP contribution in [0.15, 0.2) is 127 Å². The second kappa shape index (κ2) is 10.8. The number of imidazole rings is 1. The third-order valence-electron chi connectivity index (χ3n) is 11.8. The molecule has 0 amide bonds. The van der Waals surface area contributed by atoms with Crippen LogP contribution < -0.4 is 25.9 Å². The number of rotatable bonds is 1. The molecule has 5 heteroatoms. The van der Waals surface area contributed by atoms with E-state index in [9.17, 15) is 0 Å². The number of nitrogens with zero attached hydrogens (tertiary/aromatic N) is 2. The Bertz CT molecular complexity index is 3060. The Morgan fingerprint density at radius 1 is 0.556 bits per heavy atom. The van der Waals surface area contributed by atoms with Gasteiger partial charge in [-0.1, -0.05) is 126 Å². The summed E-state index contributed by atoms with van der Waals surface area (Å²) in [6.07, 6.45) is 0. The number of hydrogen-bond acceptors (Lipinski definition) is 3. The van der Waals surface area contributed by atoms with Crippen molar-refractivity contribution >= 4 is 72.2 Å². The second-order valence-electron chi connectivity index (χ2n) is 17.2. The average Bonchev–Trinajstić information content (AvgIpc) is 3.56. The summed E-state index contributed by atoms with van der Waals surface area (Å²) in [4.78, 5) is 5.17. The first-order valence-corrected chi connectivity index (χ1v) is 19.0. The number of benzene rings is 7. The summed E-state index contributed by atoms with van der Waals surface area (Å²) in [6, 6.07) is 46.3. The molecular weight excluding hydrogens is 659 g/mol. The maximum absolute atomic E-state index is 6.98. The Balaban J connectivity index is 1.15. The molecule has 2 aliphatic rings. The summed E-state index contributed by atoms with van der Waals surface area (Å²) in [5.41, 5.74) is 12.6. The molecule has 0 bridgehead atoms. The van der Waals surface area contributed by atoms with Gasteiger partial charge in [0.15, 0.2) is 0 Å². The van der Waals surface area contributed by atoms with E-state index >= 15 is 0 Å². The summed E-state index contributed by atoms with van der Waals surface area (Å²) in [5, 5.41) is 5.70. The van der Waals surface area contributed by atoms with Crippen molar-refractivity contribution in [3.05, 3.63) is 139 Å². The lowest BCUT2D eigenvalue weighted by Crippen LogP contribution is -2.57. The van der Waals surface area contributed by atoms with Crippen LogP contribution in [0.1, 0.15) is 52.7 Å². The molecule has 0 saturated carbocycles. The summed E-state index contributed by atoms with van der Waals surface area (Å²) in [6.45, 7) is 13.6. The van der Waals surface area contributed by atoms with Crippen molar-refractivity contribution in [2.45, 2.75) is 52.4 Å². The van der Waals surface area contributed by atoms with Crippen LogP contribution in [0.2, 0.25) is 0 Å². The number of ether oxygens (including phenoxy) is 2. The third kappa shape index (κ3) is 4.42. The van der Waals surface area contributed by atoms with Gasteiger partial charge in [-0.15, -0.1) is 0 Å². The SMILES string of the molecule is CC(C)(C)c1ccc2c(c1)B1c3cc(C(C)(C)C)ccc3Oc3c1c(cc1cc(-c4cccc5c4c4ccccc4n4c6ccccc6nc54)ccc31)O2. The van der Waals surface area contributed by atoms with Crippen molar-refractivity contribution in [2.24, 2.45) is 0 Å².